The number of unbranched alkanes of at least 4 members (excludes halogenated alkanes) is 1. The molecule has 1 saturated carbocycles. The van der Waals surface area contributed by atoms with Crippen molar-refractivity contribution < 1.29 is 4.79 Å². The minimum Gasteiger partial charge on any atom is -0.337 e. The van der Waals surface area contributed by atoms with Gasteiger partial charge < -0.3 is 5.32 Å². The second-order valence-electron chi connectivity index (χ2n) is 5.14. The van der Waals surface area contributed by atoms with Crippen LogP contribution >= 0.6 is 0 Å². The van der Waals surface area contributed by atoms with E-state index in [2.05, 4.69) is 18.3 Å². The van der Waals surface area contributed by atoms with Gasteiger partial charge in [-0.2, -0.15) is 5.26 Å². The standard InChI is InChI=1S/C12H20N2O/c1-4-5-6-11(2,3)10(15)14-12(9-13)7-8-12/h4-8H2,1-3H3,(H,14,15). The lowest BCUT2D eigenvalue weighted by atomic mass is 9.86. The molecule has 0 unspecified atom stereocenters. The van der Waals surface area contributed by atoms with Crippen molar-refractivity contribution in [3.63, 3.8) is 0 Å². The molecular weight excluding hydrogens is 188 g/mol. The number of nitrogens with zero attached hydrogens (tertiary/aromatic N) is 1. The van der Waals surface area contributed by atoms with Gasteiger partial charge in [0.15, 0.2) is 0 Å². The van der Waals surface area contributed by atoms with Crippen LogP contribution in [0.1, 0.15) is 52.9 Å². The van der Waals surface area contributed by atoms with Gasteiger partial charge in [0.05, 0.1) is 6.07 Å². The lowest BCUT2D eigenvalue weighted by Gasteiger charge is -2.24. The van der Waals surface area contributed by atoms with Crippen molar-refractivity contribution in [1.82, 2.24) is 5.32 Å². The molecule has 84 valence electrons. The Kier molecular flexibility index (Phi) is 3.38. The minimum absolute atomic E-state index is 0.0231. The first kappa shape index (κ1) is 12.0. The van der Waals surface area contributed by atoms with Crippen molar-refractivity contribution in [3.05, 3.63) is 0 Å². The molecule has 0 aliphatic heterocycles. The minimum atomic E-state index is -0.527. The average molecular weight is 208 g/mol. The van der Waals surface area contributed by atoms with Crippen LogP contribution in [0.2, 0.25) is 0 Å². The molecular formula is C12H20N2O. The number of hydrogen-bond acceptors (Lipinski definition) is 2. The zero-order valence-electron chi connectivity index (χ0n) is 9.89. The highest BCUT2D eigenvalue weighted by Crippen LogP contribution is 2.36. The Balaban J connectivity index is 2.49. The summed E-state index contributed by atoms with van der Waals surface area (Å²) < 4.78 is 0. The highest BCUT2D eigenvalue weighted by Gasteiger charge is 2.46. The molecule has 1 aliphatic rings. The predicted octanol–water partition coefficient (Wildman–Crippen LogP) is 2.38. The summed E-state index contributed by atoms with van der Waals surface area (Å²) in [5, 5.41) is 11.7. The largest absolute Gasteiger partial charge is 0.337 e. The Hall–Kier alpha value is -1.04. The van der Waals surface area contributed by atoms with Crippen molar-refractivity contribution in [1.29, 1.82) is 5.26 Å². The van der Waals surface area contributed by atoms with E-state index in [4.69, 9.17) is 5.26 Å². The van der Waals surface area contributed by atoms with Crippen LogP contribution in [0.15, 0.2) is 0 Å². The first-order valence-electron chi connectivity index (χ1n) is 5.70. The summed E-state index contributed by atoms with van der Waals surface area (Å²) in [6, 6.07) is 2.18. The van der Waals surface area contributed by atoms with Gasteiger partial charge in [0.2, 0.25) is 5.91 Å². The van der Waals surface area contributed by atoms with Crippen LogP contribution in [-0.2, 0) is 4.79 Å². The van der Waals surface area contributed by atoms with Crippen molar-refractivity contribution in [2.24, 2.45) is 5.41 Å². The third kappa shape index (κ3) is 2.95. The molecule has 0 heterocycles. The molecule has 1 fully saturated rings. The van der Waals surface area contributed by atoms with E-state index in [-0.39, 0.29) is 11.3 Å². The third-order valence-electron chi connectivity index (χ3n) is 3.09. The summed E-state index contributed by atoms with van der Waals surface area (Å²) >= 11 is 0. The van der Waals surface area contributed by atoms with Gasteiger partial charge in [-0.1, -0.05) is 33.6 Å². The quantitative estimate of drug-likeness (QED) is 0.754. The molecule has 15 heavy (non-hydrogen) atoms. The second-order valence-corrected chi connectivity index (χ2v) is 5.14. The van der Waals surface area contributed by atoms with E-state index in [0.29, 0.717) is 0 Å². The Bertz CT molecular complexity index is 284. The molecule has 1 N–H and O–H groups in total. The molecule has 3 heteroatoms. The highest BCUT2D eigenvalue weighted by atomic mass is 16.2. The summed E-state index contributed by atoms with van der Waals surface area (Å²) in [4.78, 5) is 11.9. The van der Waals surface area contributed by atoms with Gasteiger partial charge in [-0.15, -0.1) is 0 Å². The lowest BCUT2D eigenvalue weighted by molar-refractivity contribution is -0.130. The van der Waals surface area contributed by atoms with Crippen LogP contribution in [0.25, 0.3) is 0 Å². The molecule has 0 aromatic rings. The van der Waals surface area contributed by atoms with Crippen LogP contribution in [0.5, 0.6) is 0 Å². The van der Waals surface area contributed by atoms with E-state index in [0.717, 1.165) is 32.1 Å². The van der Waals surface area contributed by atoms with Crippen molar-refractivity contribution in [2.75, 3.05) is 0 Å². The van der Waals surface area contributed by atoms with Gasteiger partial charge >= 0.3 is 0 Å². The molecule has 0 spiro atoms. The average Bonchev–Trinajstić information content (AvgIpc) is 2.95. The van der Waals surface area contributed by atoms with E-state index in [1.165, 1.54) is 0 Å². The van der Waals surface area contributed by atoms with Gasteiger partial charge in [-0.05, 0) is 19.3 Å². The summed E-state index contributed by atoms with van der Waals surface area (Å²) in [5.74, 6) is 0.0231. The zero-order chi connectivity index (χ0) is 11.5. The van der Waals surface area contributed by atoms with Gasteiger partial charge in [0, 0.05) is 5.41 Å². The number of hydrogen-bond donors (Lipinski definition) is 1. The fourth-order valence-electron chi connectivity index (χ4n) is 1.51. The van der Waals surface area contributed by atoms with Gasteiger partial charge in [0.25, 0.3) is 0 Å². The molecule has 0 radical (unpaired) electrons. The van der Waals surface area contributed by atoms with Crippen LogP contribution in [-0.4, -0.2) is 11.4 Å². The highest BCUT2D eigenvalue weighted by molar-refractivity contribution is 5.83. The normalized spacial score (nSPS) is 18.0. The summed E-state index contributed by atoms with van der Waals surface area (Å²) in [7, 11) is 0. The second kappa shape index (κ2) is 4.22. The van der Waals surface area contributed by atoms with E-state index in [9.17, 15) is 4.79 Å². The zero-order valence-corrected chi connectivity index (χ0v) is 9.89. The van der Waals surface area contributed by atoms with E-state index in [1.807, 2.05) is 13.8 Å². The monoisotopic (exact) mass is 208 g/mol. The molecule has 1 rings (SSSR count). The lowest BCUT2D eigenvalue weighted by Crippen LogP contribution is -2.43. The third-order valence-corrected chi connectivity index (χ3v) is 3.09. The number of amides is 1. The van der Waals surface area contributed by atoms with Crippen molar-refractivity contribution in [2.45, 2.75) is 58.4 Å². The van der Waals surface area contributed by atoms with E-state index < -0.39 is 5.54 Å². The molecule has 0 aromatic carbocycles. The first-order valence-corrected chi connectivity index (χ1v) is 5.70. The molecule has 1 amide bonds. The van der Waals surface area contributed by atoms with Gasteiger partial charge in [-0.3, -0.25) is 4.79 Å². The smallest absolute Gasteiger partial charge is 0.226 e. The fraction of sp³-hybridized carbons (Fsp3) is 0.833. The van der Waals surface area contributed by atoms with Crippen LogP contribution in [0.3, 0.4) is 0 Å². The first-order chi connectivity index (χ1) is 6.96. The molecule has 0 bridgehead atoms. The van der Waals surface area contributed by atoms with Crippen LogP contribution in [0.4, 0.5) is 0 Å². The maximum atomic E-state index is 11.9. The van der Waals surface area contributed by atoms with Crippen LogP contribution in [0, 0.1) is 16.7 Å². The Morgan fingerprint density at radius 2 is 2.13 bits per heavy atom. The van der Waals surface area contributed by atoms with Crippen molar-refractivity contribution in [3.8, 4) is 6.07 Å². The van der Waals surface area contributed by atoms with E-state index in [1.54, 1.807) is 0 Å². The Morgan fingerprint density at radius 1 is 1.53 bits per heavy atom. The van der Waals surface area contributed by atoms with Crippen molar-refractivity contribution >= 4 is 5.91 Å². The van der Waals surface area contributed by atoms with Crippen LogP contribution < -0.4 is 5.32 Å². The SMILES string of the molecule is CCCCC(C)(C)C(=O)NC1(C#N)CC1. The predicted molar refractivity (Wildman–Crippen MR) is 59.0 cm³/mol. The number of rotatable bonds is 5. The Labute approximate surface area is 91.9 Å². The Morgan fingerprint density at radius 3 is 2.53 bits per heavy atom. The van der Waals surface area contributed by atoms with E-state index >= 15 is 0 Å². The summed E-state index contributed by atoms with van der Waals surface area (Å²) in [5.41, 5.74) is -0.872. The molecule has 1 aliphatic carbocycles. The van der Waals surface area contributed by atoms with Gasteiger partial charge in [-0.25, -0.2) is 0 Å². The summed E-state index contributed by atoms with van der Waals surface area (Å²) in [6.07, 6.45) is 4.65. The summed E-state index contributed by atoms with van der Waals surface area (Å²) in [6.45, 7) is 6.02. The maximum absolute atomic E-state index is 11.9. The number of carbonyl (C=O) groups is 1. The topological polar surface area (TPSA) is 52.9 Å². The number of carbonyl (C=O) groups excluding carboxylic acids is 1. The fourth-order valence-corrected chi connectivity index (χ4v) is 1.51. The maximum Gasteiger partial charge on any atom is 0.226 e. The molecule has 3 nitrogen and oxygen atoms in total. The molecule has 0 saturated heterocycles. The number of nitriles is 1. The molecule has 0 atom stereocenters. The molecule has 0 aromatic heterocycles. The van der Waals surface area contributed by atoms with Gasteiger partial charge in [0.1, 0.15) is 5.54 Å². The number of nitrogens with one attached hydrogen (secondary N) is 1.